The number of nitrogens with one attached hydrogen (secondary N) is 1. The predicted molar refractivity (Wildman–Crippen MR) is 101 cm³/mol. The van der Waals surface area contributed by atoms with Crippen LogP contribution in [0.5, 0.6) is 0 Å². The van der Waals surface area contributed by atoms with Gasteiger partial charge in [-0.2, -0.15) is 11.8 Å². The van der Waals surface area contributed by atoms with Gasteiger partial charge >= 0.3 is 0 Å². The number of hydrogen-bond acceptors (Lipinski definition) is 4. The van der Waals surface area contributed by atoms with Crippen LogP contribution in [-0.2, 0) is 4.79 Å². The number of unbranched alkanes of at least 4 members (excludes halogenated alkanes) is 3. The lowest BCUT2D eigenvalue weighted by Crippen LogP contribution is -2.50. The van der Waals surface area contributed by atoms with Crippen molar-refractivity contribution in [3.8, 4) is 0 Å². The number of fused-ring (bicyclic) bond motifs is 1. The monoisotopic (exact) mass is 362 g/mol. The summed E-state index contributed by atoms with van der Waals surface area (Å²) in [5.74, 6) is -0.262. The molecule has 0 saturated carbocycles. The summed E-state index contributed by atoms with van der Waals surface area (Å²) in [6, 6.07) is 6.01. The molecule has 0 aromatic heterocycles. The van der Waals surface area contributed by atoms with E-state index in [1.54, 1.807) is 36.0 Å². The highest BCUT2D eigenvalue weighted by Gasteiger charge is 2.42. The molecule has 6 heteroatoms. The van der Waals surface area contributed by atoms with Gasteiger partial charge in [-0.05, 0) is 37.0 Å². The average molecular weight is 362 g/mol. The van der Waals surface area contributed by atoms with Crippen LogP contribution >= 0.6 is 11.8 Å². The molecule has 1 atom stereocenters. The summed E-state index contributed by atoms with van der Waals surface area (Å²) < 4.78 is 0. The molecule has 1 heterocycles. The van der Waals surface area contributed by atoms with E-state index in [0.29, 0.717) is 29.8 Å². The predicted octanol–water partition coefficient (Wildman–Crippen LogP) is 3.10. The molecule has 0 aliphatic carbocycles. The van der Waals surface area contributed by atoms with Crippen molar-refractivity contribution in [2.75, 3.05) is 18.6 Å². The lowest BCUT2D eigenvalue weighted by atomic mass is 10.1. The van der Waals surface area contributed by atoms with E-state index in [-0.39, 0.29) is 17.7 Å². The van der Waals surface area contributed by atoms with Crippen molar-refractivity contribution >= 4 is 29.5 Å². The van der Waals surface area contributed by atoms with Gasteiger partial charge in [0, 0.05) is 6.54 Å². The summed E-state index contributed by atoms with van der Waals surface area (Å²) in [5.41, 5.74) is 0.773. The van der Waals surface area contributed by atoms with Gasteiger partial charge in [0.1, 0.15) is 6.04 Å². The van der Waals surface area contributed by atoms with Crippen LogP contribution in [0, 0.1) is 0 Å². The van der Waals surface area contributed by atoms with Crippen molar-refractivity contribution in [3.05, 3.63) is 35.4 Å². The highest BCUT2D eigenvalue weighted by Crippen LogP contribution is 2.26. The van der Waals surface area contributed by atoms with Gasteiger partial charge in [0.25, 0.3) is 11.8 Å². The van der Waals surface area contributed by atoms with Crippen molar-refractivity contribution in [3.63, 3.8) is 0 Å². The number of carbonyl (C=O) groups excluding carboxylic acids is 3. The molecule has 1 aliphatic rings. The number of nitrogens with zero attached hydrogens (tertiary/aromatic N) is 1. The molecule has 0 fully saturated rings. The van der Waals surface area contributed by atoms with E-state index in [1.807, 2.05) is 6.26 Å². The van der Waals surface area contributed by atoms with Crippen LogP contribution < -0.4 is 5.32 Å². The second-order valence-electron chi connectivity index (χ2n) is 6.17. The highest BCUT2D eigenvalue weighted by atomic mass is 32.2. The first-order chi connectivity index (χ1) is 12.1. The minimum Gasteiger partial charge on any atom is -0.354 e. The van der Waals surface area contributed by atoms with Gasteiger partial charge in [0.2, 0.25) is 5.91 Å². The highest BCUT2D eigenvalue weighted by molar-refractivity contribution is 7.98. The molecule has 3 amide bonds. The zero-order valence-corrected chi connectivity index (χ0v) is 15.7. The molecule has 0 bridgehead atoms. The molecule has 1 unspecified atom stereocenters. The minimum atomic E-state index is -0.744. The van der Waals surface area contributed by atoms with Gasteiger partial charge in [0.15, 0.2) is 0 Å². The van der Waals surface area contributed by atoms with E-state index in [9.17, 15) is 14.4 Å². The third-order valence-corrected chi connectivity index (χ3v) is 5.01. The Morgan fingerprint density at radius 3 is 2.32 bits per heavy atom. The maximum Gasteiger partial charge on any atom is 0.262 e. The number of carbonyl (C=O) groups is 3. The molecule has 2 rings (SSSR count). The number of amides is 3. The van der Waals surface area contributed by atoms with Crippen molar-refractivity contribution in [1.82, 2.24) is 10.2 Å². The smallest absolute Gasteiger partial charge is 0.262 e. The van der Waals surface area contributed by atoms with E-state index in [1.165, 1.54) is 0 Å². The summed E-state index contributed by atoms with van der Waals surface area (Å²) >= 11 is 1.60. The van der Waals surface area contributed by atoms with Gasteiger partial charge in [-0.1, -0.05) is 38.3 Å². The Kier molecular flexibility index (Phi) is 7.50. The zero-order valence-electron chi connectivity index (χ0n) is 14.9. The van der Waals surface area contributed by atoms with Crippen molar-refractivity contribution < 1.29 is 14.4 Å². The molecule has 0 saturated heterocycles. The molecule has 25 heavy (non-hydrogen) atoms. The Morgan fingerprint density at radius 2 is 1.76 bits per heavy atom. The standard InChI is InChI=1S/C19H26N2O3S/c1-3-4-5-8-12-20-17(22)16(11-13-25-2)21-18(23)14-9-6-7-10-15(14)19(21)24/h6-7,9-10,16H,3-5,8,11-13H2,1-2H3,(H,20,22). The summed E-state index contributed by atoms with van der Waals surface area (Å²) in [6.07, 6.45) is 6.68. The minimum absolute atomic E-state index is 0.236. The second-order valence-corrected chi connectivity index (χ2v) is 7.16. The fourth-order valence-electron chi connectivity index (χ4n) is 2.98. The Bertz CT molecular complexity index is 598. The van der Waals surface area contributed by atoms with Gasteiger partial charge < -0.3 is 5.32 Å². The van der Waals surface area contributed by atoms with E-state index in [2.05, 4.69) is 12.2 Å². The molecule has 1 aliphatic heterocycles. The molecule has 0 radical (unpaired) electrons. The Hall–Kier alpha value is -1.82. The van der Waals surface area contributed by atoms with E-state index >= 15 is 0 Å². The quantitative estimate of drug-likeness (QED) is 0.513. The number of thioether (sulfide) groups is 1. The number of benzene rings is 1. The van der Waals surface area contributed by atoms with Gasteiger partial charge in [0.05, 0.1) is 11.1 Å². The maximum atomic E-state index is 12.6. The van der Waals surface area contributed by atoms with Crippen LogP contribution in [0.15, 0.2) is 24.3 Å². The third-order valence-electron chi connectivity index (χ3n) is 4.36. The first-order valence-electron chi connectivity index (χ1n) is 8.85. The summed E-state index contributed by atoms with van der Waals surface area (Å²) in [7, 11) is 0. The molecular formula is C19H26N2O3S. The normalized spacial score (nSPS) is 14.6. The van der Waals surface area contributed by atoms with Crippen molar-refractivity contribution in [1.29, 1.82) is 0 Å². The molecule has 136 valence electrons. The fourth-order valence-corrected chi connectivity index (χ4v) is 3.44. The Labute approximate surface area is 153 Å². The summed E-state index contributed by atoms with van der Waals surface area (Å²) in [4.78, 5) is 39.1. The lowest BCUT2D eigenvalue weighted by Gasteiger charge is -2.25. The molecular weight excluding hydrogens is 336 g/mol. The van der Waals surface area contributed by atoms with E-state index < -0.39 is 6.04 Å². The SMILES string of the molecule is CCCCCCNC(=O)C(CCSC)N1C(=O)c2ccccc2C1=O. The lowest BCUT2D eigenvalue weighted by molar-refractivity contribution is -0.125. The van der Waals surface area contributed by atoms with Crippen LogP contribution in [0.4, 0.5) is 0 Å². The first kappa shape index (κ1) is 19.5. The number of imide groups is 1. The van der Waals surface area contributed by atoms with Crippen LogP contribution in [-0.4, -0.2) is 47.2 Å². The van der Waals surface area contributed by atoms with Crippen molar-refractivity contribution in [2.45, 2.75) is 45.1 Å². The third kappa shape index (κ3) is 4.63. The zero-order chi connectivity index (χ0) is 18.2. The molecule has 1 aromatic rings. The number of rotatable bonds is 10. The average Bonchev–Trinajstić information content (AvgIpc) is 2.87. The fraction of sp³-hybridized carbons (Fsp3) is 0.526. The second kappa shape index (κ2) is 9.61. The van der Waals surface area contributed by atoms with Crippen LogP contribution in [0.3, 0.4) is 0 Å². The van der Waals surface area contributed by atoms with E-state index in [4.69, 9.17) is 0 Å². The maximum absolute atomic E-state index is 12.6. The van der Waals surface area contributed by atoms with Gasteiger partial charge in [-0.15, -0.1) is 0 Å². The van der Waals surface area contributed by atoms with Gasteiger partial charge in [-0.25, -0.2) is 0 Å². The van der Waals surface area contributed by atoms with Crippen molar-refractivity contribution in [2.24, 2.45) is 0 Å². The van der Waals surface area contributed by atoms with E-state index in [0.717, 1.165) is 30.6 Å². The topological polar surface area (TPSA) is 66.5 Å². The summed E-state index contributed by atoms with van der Waals surface area (Å²) in [6.45, 7) is 2.72. The first-order valence-corrected chi connectivity index (χ1v) is 10.2. The Morgan fingerprint density at radius 1 is 1.12 bits per heavy atom. The van der Waals surface area contributed by atoms with Crippen LogP contribution in [0.25, 0.3) is 0 Å². The molecule has 1 aromatic carbocycles. The molecule has 0 spiro atoms. The molecule has 1 N–H and O–H groups in total. The molecule has 5 nitrogen and oxygen atoms in total. The number of hydrogen-bond donors (Lipinski definition) is 1. The van der Waals surface area contributed by atoms with Crippen LogP contribution in [0.2, 0.25) is 0 Å². The summed E-state index contributed by atoms with van der Waals surface area (Å²) in [5, 5.41) is 2.90. The Balaban J connectivity index is 2.08. The van der Waals surface area contributed by atoms with Crippen LogP contribution in [0.1, 0.15) is 59.7 Å². The largest absolute Gasteiger partial charge is 0.354 e. The van der Waals surface area contributed by atoms with Gasteiger partial charge in [-0.3, -0.25) is 19.3 Å².